The molecule has 0 atom stereocenters. The number of sulfonamides is 1. The zero-order valence-corrected chi connectivity index (χ0v) is 15.4. The highest BCUT2D eigenvalue weighted by Crippen LogP contribution is 2.21. The van der Waals surface area contributed by atoms with E-state index in [9.17, 15) is 17.6 Å². The maximum Gasteiger partial charge on any atom is 0.232 e. The average molecular weight is 385 g/mol. The minimum absolute atomic E-state index is 0.0777. The normalized spacial score (nSPS) is 11.2. The summed E-state index contributed by atoms with van der Waals surface area (Å²) >= 11 is 5.87. The van der Waals surface area contributed by atoms with Gasteiger partial charge in [-0.3, -0.25) is 9.10 Å². The molecule has 2 rings (SSSR count). The Balaban J connectivity index is 2.09. The summed E-state index contributed by atoms with van der Waals surface area (Å²) in [6, 6.07) is 10.3. The highest BCUT2D eigenvalue weighted by molar-refractivity contribution is 7.92. The van der Waals surface area contributed by atoms with Gasteiger partial charge in [0.05, 0.1) is 11.9 Å². The van der Waals surface area contributed by atoms with E-state index < -0.39 is 15.8 Å². The molecule has 5 nitrogen and oxygen atoms in total. The number of carbonyl (C=O) groups is 1. The number of amides is 1. The van der Waals surface area contributed by atoms with Gasteiger partial charge in [0.2, 0.25) is 15.9 Å². The van der Waals surface area contributed by atoms with E-state index in [0.717, 1.165) is 22.2 Å². The quantitative estimate of drug-likeness (QED) is 0.827. The van der Waals surface area contributed by atoms with E-state index in [-0.39, 0.29) is 24.6 Å². The van der Waals surface area contributed by atoms with E-state index in [2.05, 4.69) is 5.32 Å². The van der Waals surface area contributed by atoms with Gasteiger partial charge >= 0.3 is 0 Å². The van der Waals surface area contributed by atoms with Crippen LogP contribution < -0.4 is 9.62 Å². The Hall–Kier alpha value is -2.12. The van der Waals surface area contributed by atoms with E-state index in [1.54, 1.807) is 25.1 Å². The summed E-state index contributed by atoms with van der Waals surface area (Å²) in [5, 5.41) is 3.27. The van der Waals surface area contributed by atoms with Gasteiger partial charge in [0.1, 0.15) is 5.82 Å². The van der Waals surface area contributed by atoms with Gasteiger partial charge in [0.25, 0.3) is 0 Å². The van der Waals surface area contributed by atoms with Crippen LogP contribution in [0.15, 0.2) is 42.5 Å². The number of anilines is 2. The molecule has 0 unspecified atom stereocenters. The molecule has 0 bridgehead atoms. The highest BCUT2D eigenvalue weighted by Gasteiger charge is 2.19. The average Bonchev–Trinajstić information content (AvgIpc) is 2.49. The molecule has 0 aromatic heterocycles. The summed E-state index contributed by atoms with van der Waals surface area (Å²) in [6.07, 6.45) is 0.935. The Morgan fingerprint density at radius 3 is 2.56 bits per heavy atom. The summed E-state index contributed by atoms with van der Waals surface area (Å²) in [5.41, 5.74) is 1.58. The fourth-order valence-corrected chi connectivity index (χ4v) is 3.45. The lowest BCUT2D eigenvalue weighted by Gasteiger charge is -2.22. The Labute approximate surface area is 151 Å². The van der Waals surface area contributed by atoms with Crippen LogP contribution in [-0.4, -0.2) is 27.1 Å². The molecule has 25 heavy (non-hydrogen) atoms. The van der Waals surface area contributed by atoms with Crippen LogP contribution in [0.25, 0.3) is 0 Å². The Bertz CT molecular complexity index is 887. The zero-order chi connectivity index (χ0) is 18.6. The Morgan fingerprint density at radius 2 is 1.96 bits per heavy atom. The number of rotatable bonds is 6. The second kappa shape index (κ2) is 7.84. The number of aryl methyl sites for hydroxylation is 1. The van der Waals surface area contributed by atoms with Crippen molar-refractivity contribution in [3.8, 4) is 0 Å². The van der Waals surface area contributed by atoms with Gasteiger partial charge in [0.15, 0.2) is 0 Å². The summed E-state index contributed by atoms with van der Waals surface area (Å²) < 4.78 is 38.3. The fraction of sp³-hybridized carbons (Fsp3) is 0.235. The molecule has 0 aliphatic heterocycles. The van der Waals surface area contributed by atoms with Crippen molar-refractivity contribution >= 4 is 38.9 Å². The largest absolute Gasteiger partial charge is 0.326 e. The van der Waals surface area contributed by atoms with Crippen molar-refractivity contribution in [3.05, 3.63) is 58.9 Å². The number of hydrogen-bond acceptors (Lipinski definition) is 3. The van der Waals surface area contributed by atoms with E-state index in [1.807, 2.05) is 0 Å². The molecule has 0 saturated carbocycles. The fourth-order valence-electron chi connectivity index (χ4n) is 2.30. The summed E-state index contributed by atoms with van der Waals surface area (Å²) in [6.45, 7) is 1.71. The second-order valence-corrected chi connectivity index (χ2v) is 7.92. The van der Waals surface area contributed by atoms with Crippen molar-refractivity contribution in [2.45, 2.75) is 13.3 Å². The van der Waals surface area contributed by atoms with E-state index >= 15 is 0 Å². The third kappa shape index (κ3) is 5.44. The van der Waals surface area contributed by atoms with Gasteiger partial charge in [-0.15, -0.1) is 0 Å². The zero-order valence-electron chi connectivity index (χ0n) is 13.8. The second-order valence-electron chi connectivity index (χ2n) is 5.57. The lowest BCUT2D eigenvalue weighted by molar-refractivity contribution is -0.116. The molecule has 134 valence electrons. The maximum atomic E-state index is 13.4. The smallest absolute Gasteiger partial charge is 0.232 e. The van der Waals surface area contributed by atoms with Crippen LogP contribution in [0.2, 0.25) is 5.02 Å². The molecule has 0 aliphatic rings. The first-order valence-electron chi connectivity index (χ1n) is 7.46. The first-order valence-corrected chi connectivity index (χ1v) is 9.69. The van der Waals surface area contributed by atoms with Crippen LogP contribution in [0, 0.1) is 12.7 Å². The van der Waals surface area contributed by atoms with Crippen LogP contribution in [0.3, 0.4) is 0 Å². The number of carbonyl (C=O) groups excluding carboxylic acids is 1. The van der Waals surface area contributed by atoms with Crippen molar-refractivity contribution in [2.75, 3.05) is 22.4 Å². The molecule has 8 heteroatoms. The van der Waals surface area contributed by atoms with Crippen LogP contribution in [0.5, 0.6) is 0 Å². The monoisotopic (exact) mass is 384 g/mol. The molecule has 2 aromatic rings. The molecular weight excluding hydrogens is 367 g/mol. The van der Waals surface area contributed by atoms with Gasteiger partial charge in [-0.1, -0.05) is 17.7 Å². The van der Waals surface area contributed by atoms with Gasteiger partial charge in [0, 0.05) is 23.7 Å². The van der Waals surface area contributed by atoms with Crippen LogP contribution in [0.4, 0.5) is 15.8 Å². The van der Waals surface area contributed by atoms with Gasteiger partial charge in [-0.25, -0.2) is 12.8 Å². The van der Waals surface area contributed by atoms with Crippen molar-refractivity contribution in [3.63, 3.8) is 0 Å². The number of halogens is 2. The standard InChI is InChI=1S/C17H18ClFN2O3S/c1-12-10-13(18)6-7-16(12)20-17(22)8-9-21(25(2,23)24)15-5-3-4-14(19)11-15/h3-7,10-11H,8-9H2,1-2H3,(H,20,22). The van der Waals surface area contributed by atoms with Crippen LogP contribution in [-0.2, 0) is 14.8 Å². The lowest BCUT2D eigenvalue weighted by atomic mass is 10.2. The van der Waals surface area contributed by atoms with Crippen molar-refractivity contribution in [1.29, 1.82) is 0 Å². The minimum atomic E-state index is -3.65. The Kier molecular flexibility index (Phi) is 6.02. The van der Waals surface area contributed by atoms with Crippen molar-refractivity contribution < 1.29 is 17.6 Å². The first kappa shape index (κ1) is 19.2. The predicted molar refractivity (Wildman–Crippen MR) is 98.0 cm³/mol. The van der Waals surface area contributed by atoms with Crippen LogP contribution in [0.1, 0.15) is 12.0 Å². The molecule has 1 amide bonds. The number of hydrogen-bond donors (Lipinski definition) is 1. The van der Waals surface area contributed by atoms with Crippen molar-refractivity contribution in [2.24, 2.45) is 0 Å². The molecule has 0 fully saturated rings. The first-order chi connectivity index (χ1) is 11.7. The Morgan fingerprint density at radius 1 is 1.24 bits per heavy atom. The highest BCUT2D eigenvalue weighted by atomic mass is 35.5. The molecule has 0 saturated heterocycles. The summed E-state index contributed by atoms with van der Waals surface area (Å²) in [7, 11) is -3.65. The SMILES string of the molecule is Cc1cc(Cl)ccc1NC(=O)CCN(c1cccc(F)c1)S(C)(=O)=O. The van der Waals surface area contributed by atoms with E-state index in [1.165, 1.54) is 18.2 Å². The molecule has 0 spiro atoms. The van der Waals surface area contributed by atoms with E-state index in [4.69, 9.17) is 11.6 Å². The molecule has 0 aliphatic carbocycles. The molecule has 0 heterocycles. The minimum Gasteiger partial charge on any atom is -0.326 e. The molecular formula is C17H18ClFN2O3S. The maximum absolute atomic E-state index is 13.4. The van der Waals surface area contributed by atoms with Gasteiger partial charge in [-0.05, 0) is 48.9 Å². The van der Waals surface area contributed by atoms with E-state index in [0.29, 0.717) is 10.7 Å². The molecule has 1 N–H and O–H groups in total. The predicted octanol–water partition coefficient (Wildman–Crippen LogP) is 3.58. The number of nitrogens with zero attached hydrogens (tertiary/aromatic N) is 1. The lowest BCUT2D eigenvalue weighted by Crippen LogP contribution is -2.33. The topological polar surface area (TPSA) is 66.5 Å². The van der Waals surface area contributed by atoms with Crippen molar-refractivity contribution in [1.82, 2.24) is 0 Å². The summed E-state index contributed by atoms with van der Waals surface area (Å²) in [5.74, 6) is -0.900. The van der Waals surface area contributed by atoms with Gasteiger partial charge < -0.3 is 5.32 Å². The number of benzene rings is 2. The summed E-state index contributed by atoms with van der Waals surface area (Å²) in [4.78, 5) is 12.1. The number of nitrogens with one attached hydrogen (secondary N) is 1. The van der Waals surface area contributed by atoms with Gasteiger partial charge in [-0.2, -0.15) is 0 Å². The molecule has 0 radical (unpaired) electrons. The third-order valence-electron chi connectivity index (χ3n) is 3.50. The third-order valence-corrected chi connectivity index (χ3v) is 4.93. The van der Waals surface area contributed by atoms with Crippen LogP contribution >= 0.6 is 11.6 Å². The molecule has 2 aromatic carbocycles.